The number of carbonyl (C=O) groups excluding carboxylic acids is 4. The lowest BCUT2D eigenvalue weighted by atomic mass is 9.96. The van der Waals surface area contributed by atoms with Crippen LogP contribution in [0.2, 0.25) is 0 Å². The highest BCUT2D eigenvalue weighted by molar-refractivity contribution is 5.98. The lowest BCUT2D eigenvalue weighted by molar-refractivity contribution is -0.138. The minimum absolute atomic E-state index is 0.0820. The molecule has 0 saturated carbocycles. The number of hydrogen-bond acceptors (Lipinski definition) is 6. The van der Waals surface area contributed by atoms with Crippen molar-refractivity contribution in [3.63, 3.8) is 0 Å². The van der Waals surface area contributed by atoms with Crippen LogP contribution < -0.4 is 16.0 Å². The fourth-order valence-electron chi connectivity index (χ4n) is 2.78. The molecule has 10 nitrogen and oxygen atoms in total. The van der Waals surface area contributed by atoms with Crippen LogP contribution in [0.5, 0.6) is 0 Å². The molecule has 0 radical (unpaired) electrons. The monoisotopic (exact) mass is 413 g/mol. The number of ether oxygens (including phenoxy) is 1. The van der Waals surface area contributed by atoms with Gasteiger partial charge < -0.3 is 25.8 Å². The second kappa shape index (κ2) is 10.3. The van der Waals surface area contributed by atoms with Gasteiger partial charge in [-0.1, -0.05) is 13.8 Å². The van der Waals surface area contributed by atoms with E-state index in [2.05, 4.69) is 16.0 Å². The fourth-order valence-corrected chi connectivity index (χ4v) is 2.78. The van der Waals surface area contributed by atoms with Crippen molar-refractivity contribution in [1.29, 1.82) is 0 Å². The minimum atomic E-state index is -1.09. The third-order valence-electron chi connectivity index (χ3n) is 4.53. The number of carbonyl (C=O) groups is 5. The van der Waals surface area contributed by atoms with Crippen LogP contribution in [0.15, 0.2) is 0 Å². The molecule has 0 bridgehead atoms. The maximum Gasteiger partial charge on any atom is 0.303 e. The topological polar surface area (TPSA) is 154 Å². The summed E-state index contributed by atoms with van der Waals surface area (Å²) in [6.07, 6.45) is 0.0169. The van der Waals surface area contributed by atoms with Crippen molar-refractivity contribution in [2.24, 2.45) is 5.92 Å². The summed E-state index contributed by atoms with van der Waals surface area (Å²) >= 11 is 0. The summed E-state index contributed by atoms with van der Waals surface area (Å²) in [4.78, 5) is 59.7. The summed E-state index contributed by atoms with van der Waals surface area (Å²) in [5.41, 5.74) is -1.02. The molecule has 0 aliphatic carbocycles. The van der Waals surface area contributed by atoms with Crippen LogP contribution in [0.4, 0.5) is 0 Å². The van der Waals surface area contributed by atoms with Gasteiger partial charge in [0.1, 0.15) is 17.7 Å². The largest absolute Gasteiger partial charge is 0.481 e. The Morgan fingerprint density at radius 1 is 1.00 bits per heavy atom. The van der Waals surface area contributed by atoms with E-state index in [1.807, 2.05) is 13.8 Å². The SMILES string of the molecule is CC(=O)N[C@H](CC(C)C)C(=O)N[C@@H](C)C(=O)N[C@@H](CCC(=O)O)C(=O)C1(C)CO1. The molecule has 1 heterocycles. The van der Waals surface area contributed by atoms with E-state index < -0.39 is 47.3 Å². The molecular formula is C19H31N3O7. The van der Waals surface area contributed by atoms with Crippen molar-refractivity contribution >= 4 is 29.5 Å². The number of Topliss-reactive ketones (excluding diaryl/α,β-unsaturated/α-hetero) is 1. The summed E-state index contributed by atoms with van der Waals surface area (Å²) in [7, 11) is 0. The Hall–Kier alpha value is -2.49. The van der Waals surface area contributed by atoms with E-state index in [1.165, 1.54) is 13.8 Å². The highest BCUT2D eigenvalue weighted by Gasteiger charge is 2.50. The molecule has 10 heteroatoms. The van der Waals surface area contributed by atoms with Crippen molar-refractivity contribution in [2.75, 3.05) is 6.61 Å². The molecule has 164 valence electrons. The number of hydrogen-bond donors (Lipinski definition) is 4. The maximum absolute atomic E-state index is 12.5. The van der Waals surface area contributed by atoms with Gasteiger partial charge >= 0.3 is 5.97 Å². The Morgan fingerprint density at radius 2 is 1.59 bits per heavy atom. The highest BCUT2D eigenvalue weighted by Crippen LogP contribution is 2.29. The predicted octanol–water partition coefficient (Wildman–Crippen LogP) is -0.250. The average Bonchev–Trinajstić information content (AvgIpc) is 3.34. The molecule has 1 saturated heterocycles. The number of ketones is 1. The van der Waals surface area contributed by atoms with Gasteiger partial charge in [-0.3, -0.25) is 24.0 Å². The predicted molar refractivity (Wildman–Crippen MR) is 103 cm³/mol. The lowest BCUT2D eigenvalue weighted by Gasteiger charge is -2.24. The second-order valence-electron chi connectivity index (χ2n) is 7.99. The van der Waals surface area contributed by atoms with Crippen molar-refractivity contribution < 1.29 is 33.8 Å². The second-order valence-corrected chi connectivity index (χ2v) is 7.99. The molecule has 3 amide bonds. The van der Waals surface area contributed by atoms with Gasteiger partial charge in [0.2, 0.25) is 17.7 Å². The van der Waals surface area contributed by atoms with Crippen molar-refractivity contribution in [1.82, 2.24) is 16.0 Å². The number of nitrogens with one attached hydrogen (secondary N) is 3. The van der Waals surface area contributed by atoms with E-state index in [4.69, 9.17) is 9.84 Å². The fraction of sp³-hybridized carbons (Fsp3) is 0.737. The first-order chi connectivity index (χ1) is 13.4. The van der Waals surface area contributed by atoms with Crippen molar-refractivity contribution in [3.05, 3.63) is 0 Å². The van der Waals surface area contributed by atoms with E-state index in [-0.39, 0.29) is 31.3 Å². The van der Waals surface area contributed by atoms with Gasteiger partial charge in [-0.2, -0.15) is 0 Å². The Labute approximate surface area is 170 Å². The molecule has 4 atom stereocenters. The van der Waals surface area contributed by atoms with Crippen molar-refractivity contribution in [2.45, 2.75) is 77.6 Å². The van der Waals surface area contributed by atoms with Crippen molar-refractivity contribution in [3.8, 4) is 0 Å². The Kier molecular flexibility index (Phi) is 8.75. The van der Waals surface area contributed by atoms with E-state index >= 15 is 0 Å². The molecule has 1 aliphatic rings. The average molecular weight is 413 g/mol. The zero-order chi connectivity index (χ0) is 22.4. The normalized spacial score (nSPS) is 20.9. The summed E-state index contributed by atoms with van der Waals surface area (Å²) in [6, 6.07) is -2.81. The van der Waals surface area contributed by atoms with E-state index in [0.29, 0.717) is 6.42 Å². The van der Waals surface area contributed by atoms with Gasteiger partial charge in [-0.25, -0.2) is 0 Å². The Balaban J connectivity index is 2.74. The third kappa shape index (κ3) is 8.18. The van der Waals surface area contributed by atoms with Crippen LogP contribution in [-0.4, -0.2) is 64.9 Å². The van der Waals surface area contributed by atoms with Crippen LogP contribution >= 0.6 is 0 Å². The molecule has 0 spiro atoms. The smallest absolute Gasteiger partial charge is 0.303 e. The summed E-state index contributed by atoms with van der Waals surface area (Å²) in [5.74, 6) is -2.85. The highest BCUT2D eigenvalue weighted by atomic mass is 16.6. The molecular weight excluding hydrogens is 382 g/mol. The Bertz CT molecular complexity index is 658. The molecule has 1 aliphatic heterocycles. The molecule has 0 aromatic rings. The van der Waals surface area contributed by atoms with Gasteiger partial charge in [0, 0.05) is 13.3 Å². The molecule has 4 N–H and O–H groups in total. The molecule has 1 rings (SSSR count). The van der Waals surface area contributed by atoms with Gasteiger partial charge in [0.15, 0.2) is 5.78 Å². The maximum atomic E-state index is 12.5. The molecule has 1 unspecified atom stereocenters. The molecule has 29 heavy (non-hydrogen) atoms. The van der Waals surface area contributed by atoms with Crippen LogP contribution in [0.1, 0.15) is 53.9 Å². The molecule has 1 fully saturated rings. The third-order valence-corrected chi connectivity index (χ3v) is 4.53. The molecule has 0 aromatic heterocycles. The van der Waals surface area contributed by atoms with E-state index in [0.717, 1.165) is 0 Å². The van der Waals surface area contributed by atoms with Gasteiger partial charge in [-0.05, 0) is 32.6 Å². The lowest BCUT2D eigenvalue weighted by Crippen LogP contribution is -2.55. The first-order valence-electron chi connectivity index (χ1n) is 9.63. The van der Waals surface area contributed by atoms with Crippen LogP contribution in [0, 0.1) is 5.92 Å². The summed E-state index contributed by atoms with van der Waals surface area (Å²) < 4.78 is 5.10. The number of carboxylic acids is 1. The summed E-state index contributed by atoms with van der Waals surface area (Å²) in [6.45, 7) is 8.34. The quantitative estimate of drug-likeness (QED) is 0.322. The zero-order valence-electron chi connectivity index (χ0n) is 17.5. The summed E-state index contributed by atoms with van der Waals surface area (Å²) in [5, 5.41) is 16.5. The first-order valence-corrected chi connectivity index (χ1v) is 9.63. The van der Waals surface area contributed by atoms with Gasteiger partial charge in [0.05, 0.1) is 12.6 Å². The van der Waals surface area contributed by atoms with E-state index in [1.54, 1.807) is 6.92 Å². The minimum Gasteiger partial charge on any atom is -0.481 e. The zero-order valence-corrected chi connectivity index (χ0v) is 17.5. The molecule has 0 aromatic carbocycles. The number of carboxylic acid groups (broad SMARTS) is 1. The van der Waals surface area contributed by atoms with E-state index in [9.17, 15) is 24.0 Å². The number of epoxide rings is 1. The Morgan fingerprint density at radius 3 is 2.03 bits per heavy atom. The van der Waals surface area contributed by atoms with Crippen LogP contribution in [0.3, 0.4) is 0 Å². The number of aliphatic carboxylic acids is 1. The van der Waals surface area contributed by atoms with Gasteiger partial charge in [-0.15, -0.1) is 0 Å². The number of amides is 3. The van der Waals surface area contributed by atoms with Crippen LogP contribution in [-0.2, 0) is 28.7 Å². The van der Waals surface area contributed by atoms with Gasteiger partial charge in [0.25, 0.3) is 0 Å². The van der Waals surface area contributed by atoms with Crippen LogP contribution in [0.25, 0.3) is 0 Å². The first kappa shape index (κ1) is 24.5. The standard InChI is InChI=1S/C19H31N3O7/c1-10(2)8-14(21-12(4)23)18(28)20-11(3)17(27)22-13(6-7-15(24)25)16(26)19(5)9-29-19/h10-11,13-14H,6-9H2,1-5H3,(H,20,28)(H,21,23)(H,22,27)(H,24,25)/t11-,13-,14+,19?/m0/s1. The number of rotatable bonds is 12.